The van der Waals surface area contributed by atoms with E-state index in [2.05, 4.69) is 13.8 Å². The zero-order chi connectivity index (χ0) is 13.8. The summed E-state index contributed by atoms with van der Waals surface area (Å²) in [4.78, 5) is 16.2. The number of hydrogen-bond acceptors (Lipinski definition) is 4. The summed E-state index contributed by atoms with van der Waals surface area (Å²) < 4.78 is 5.31. The van der Waals surface area contributed by atoms with Crippen molar-refractivity contribution >= 4 is 17.2 Å². The third-order valence-corrected chi connectivity index (χ3v) is 4.53. The van der Waals surface area contributed by atoms with Gasteiger partial charge in [0.15, 0.2) is 0 Å². The summed E-state index contributed by atoms with van der Waals surface area (Å²) in [5.74, 6) is 0.0257. The van der Waals surface area contributed by atoms with Gasteiger partial charge in [-0.25, -0.2) is 0 Å². The number of ether oxygens (including phenoxy) is 1. The number of rotatable bonds is 4. The van der Waals surface area contributed by atoms with E-state index in [0.29, 0.717) is 19.8 Å². The molecule has 1 amide bonds. The molecule has 2 heterocycles. The second kappa shape index (κ2) is 6.50. The highest BCUT2D eigenvalue weighted by molar-refractivity contribution is 7.14. The molecule has 1 unspecified atom stereocenters. The lowest BCUT2D eigenvalue weighted by Crippen LogP contribution is -2.50. The van der Waals surface area contributed by atoms with Crippen molar-refractivity contribution in [3.05, 3.63) is 21.4 Å². The van der Waals surface area contributed by atoms with Gasteiger partial charge in [-0.2, -0.15) is 0 Å². The third-order valence-electron chi connectivity index (χ3n) is 3.45. The number of hydrogen-bond donors (Lipinski definition) is 1. The number of aryl methyl sites for hydroxylation is 2. The lowest BCUT2D eigenvalue weighted by atomic mass is 10.1. The molecule has 1 aliphatic rings. The summed E-state index contributed by atoms with van der Waals surface area (Å²) in [6.45, 7) is 5.70. The molecule has 0 spiro atoms. The van der Waals surface area contributed by atoms with Crippen molar-refractivity contribution < 1.29 is 14.6 Å². The first-order valence-corrected chi connectivity index (χ1v) is 7.57. The van der Waals surface area contributed by atoms with Crippen molar-refractivity contribution in [1.82, 2.24) is 4.90 Å². The van der Waals surface area contributed by atoms with E-state index >= 15 is 0 Å². The van der Waals surface area contributed by atoms with Crippen molar-refractivity contribution in [3.8, 4) is 0 Å². The number of thiophene rings is 1. The first-order valence-electron chi connectivity index (χ1n) is 6.76. The normalized spacial score (nSPS) is 19.7. The molecule has 4 nitrogen and oxygen atoms in total. The van der Waals surface area contributed by atoms with E-state index in [1.807, 2.05) is 6.07 Å². The molecule has 1 aliphatic heterocycles. The van der Waals surface area contributed by atoms with E-state index in [1.54, 1.807) is 16.2 Å². The molecule has 0 aliphatic carbocycles. The van der Waals surface area contributed by atoms with Crippen molar-refractivity contribution in [2.24, 2.45) is 0 Å². The van der Waals surface area contributed by atoms with Crippen LogP contribution < -0.4 is 0 Å². The van der Waals surface area contributed by atoms with Crippen molar-refractivity contribution in [2.45, 2.75) is 32.7 Å². The zero-order valence-corrected chi connectivity index (χ0v) is 12.3. The maximum absolute atomic E-state index is 12.5. The molecule has 1 saturated heterocycles. The quantitative estimate of drug-likeness (QED) is 0.917. The minimum absolute atomic E-state index is 0.0257. The Labute approximate surface area is 118 Å². The molecular weight excluding hydrogens is 262 g/mol. The summed E-state index contributed by atoms with van der Waals surface area (Å²) in [6.07, 6.45) is 2.10. The number of amides is 1. The number of carbonyl (C=O) groups is 1. The smallest absolute Gasteiger partial charge is 0.264 e. The Kier molecular flexibility index (Phi) is 4.96. The van der Waals surface area contributed by atoms with Gasteiger partial charge in [-0.1, -0.05) is 13.3 Å². The Morgan fingerprint density at radius 3 is 3.11 bits per heavy atom. The highest BCUT2D eigenvalue weighted by atomic mass is 32.1. The molecule has 19 heavy (non-hydrogen) atoms. The molecule has 106 valence electrons. The molecule has 0 saturated carbocycles. The molecule has 1 atom stereocenters. The first kappa shape index (κ1) is 14.5. The van der Waals surface area contributed by atoms with E-state index in [4.69, 9.17) is 4.74 Å². The highest BCUT2D eigenvalue weighted by Gasteiger charge is 2.28. The maximum atomic E-state index is 12.5. The predicted molar refractivity (Wildman–Crippen MR) is 75.8 cm³/mol. The minimum Gasteiger partial charge on any atom is -0.394 e. The van der Waals surface area contributed by atoms with Crippen molar-refractivity contribution in [1.29, 1.82) is 0 Å². The van der Waals surface area contributed by atoms with Crippen LogP contribution in [0.2, 0.25) is 0 Å². The van der Waals surface area contributed by atoms with Crippen LogP contribution in [0.3, 0.4) is 0 Å². The summed E-state index contributed by atoms with van der Waals surface area (Å²) in [6, 6.07) is 1.80. The predicted octanol–water partition coefficient (Wildman–Crippen LogP) is 1.84. The van der Waals surface area contributed by atoms with Crippen LogP contribution in [0.4, 0.5) is 0 Å². The minimum atomic E-state index is -0.210. The Morgan fingerprint density at radius 2 is 2.42 bits per heavy atom. The van der Waals surface area contributed by atoms with E-state index in [9.17, 15) is 9.90 Å². The van der Waals surface area contributed by atoms with Gasteiger partial charge in [0.1, 0.15) is 0 Å². The van der Waals surface area contributed by atoms with Crippen molar-refractivity contribution in [2.75, 3.05) is 26.4 Å². The van der Waals surface area contributed by atoms with E-state index in [1.165, 1.54) is 10.4 Å². The highest BCUT2D eigenvalue weighted by Crippen LogP contribution is 2.25. The SMILES string of the molecule is CCCc1cc(C(=O)N2CCOCC2CO)sc1C. The maximum Gasteiger partial charge on any atom is 0.264 e. The molecule has 2 rings (SSSR count). The lowest BCUT2D eigenvalue weighted by Gasteiger charge is -2.34. The van der Waals surface area contributed by atoms with Gasteiger partial charge < -0.3 is 14.7 Å². The number of aliphatic hydroxyl groups is 1. The average molecular weight is 283 g/mol. The molecule has 0 bridgehead atoms. The Balaban J connectivity index is 2.16. The van der Waals surface area contributed by atoms with E-state index in [0.717, 1.165) is 17.7 Å². The fourth-order valence-corrected chi connectivity index (χ4v) is 3.39. The monoisotopic (exact) mass is 283 g/mol. The molecule has 1 aromatic rings. The average Bonchev–Trinajstić information content (AvgIpc) is 2.80. The van der Waals surface area contributed by atoms with Gasteiger partial charge in [-0.05, 0) is 25.0 Å². The van der Waals surface area contributed by atoms with Crippen LogP contribution in [0.25, 0.3) is 0 Å². The van der Waals surface area contributed by atoms with Crippen LogP contribution in [0.15, 0.2) is 6.07 Å². The van der Waals surface area contributed by atoms with Crippen molar-refractivity contribution in [3.63, 3.8) is 0 Å². The fourth-order valence-electron chi connectivity index (χ4n) is 2.36. The molecule has 5 heteroatoms. The van der Waals surface area contributed by atoms with Crippen LogP contribution >= 0.6 is 11.3 Å². The Morgan fingerprint density at radius 1 is 1.63 bits per heavy atom. The molecule has 1 N–H and O–H groups in total. The largest absolute Gasteiger partial charge is 0.394 e. The second-order valence-electron chi connectivity index (χ2n) is 4.85. The zero-order valence-electron chi connectivity index (χ0n) is 11.5. The van der Waals surface area contributed by atoms with Crippen LogP contribution in [0, 0.1) is 6.92 Å². The van der Waals surface area contributed by atoms with Gasteiger partial charge in [0.25, 0.3) is 5.91 Å². The number of aliphatic hydroxyl groups excluding tert-OH is 1. The molecule has 1 fully saturated rings. The number of carbonyl (C=O) groups excluding carboxylic acids is 1. The number of morpholine rings is 1. The van der Waals surface area contributed by atoms with Crippen LogP contribution in [0.5, 0.6) is 0 Å². The molecule has 0 radical (unpaired) electrons. The summed E-state index contributed by atoms with van der Waals surface area (Å²) >= 11 is 1.55. The molecule has 0 aromatic carbocycles. The van der Waals surface area contributed by atoms with E-state index in [-0.39, 0.29) is 18.6 Å². The standard InChI is InChI=1S/C14H21NO3S/c1-3-4-11-7-13(19-10(11)2)14(17)15-5-6-18-9-12(15)8-16/h7,12,16H,3-6,8-9H2,1-2H3. The van der Waals surface area contributed by atoms with Gasteiger partial charge in [0.2, 0.25) is 0 Å². The van der Waals surface area contributed by atoms with E-state index < -0.39 is 0 Å². The van der Waals surface area contributed by atoms with Crippen LogP contribution in [0.1, 0.15) is 33.5 Å². The Hall–Kier alpha value is -0.910. The van der Waals surface area contributed by atoms with Gasteiger partial charge in [0.05, 0.1) is 30.7 Å². The van der Waals surface area contributed by atoms with Gasteiger partial charge in [-0.3, -0.25) is 4.79 Å². The lowest BCUT2D eigenvalue weighted by molar-refractivity contribution is -0.0181. The topological polar surface area (TPSA) is 49.8 Å². The summed E-state index contributed by atoms with van der Waals surface area (Å²) in [5, 5.41) is 9.33. The summed E-state index contributed by atoms with van der Waals surface area (Å²) in [5.41, 5.74) is 1.27. The van der Waals surface area contributed by atoms with Crippen LogP contribution in [-0.2, 0) is 11.2 Å². The van der Waals surface area contributed by atoms with Gasteiger partial charge >= 0.3 is 0 Å². The Bertz CT molecular complexity index is 444. The summed E-state index contributed by atoms with van der Waals surface area (Å²) in [7, 11) is 0. The number of nitrogens with zero attached hydrogens (tertiary/aromatic N) is 1. The second-order valence-corrected chi connectivity index (χ2v) is 6.11. The molecule has 1 aromatic heterocycles. The first-order chi connectivity index (χ1) is 9.17. The van der Waals surface area contributed by atoms with Gasteiger partial charge in [0, 0.05) is 11.4 Å². The fraction of sp³-hybridized carbons (Fsp3) is 0.643. The van der Waals surface area contributed by atoms with Gasteiger partial charge in [-0.15, -0.1) is 11.3 Å². The van der Waals surface area contributed by atoms with Crippen LogP contribution in [-0.4, -0.2) is 48.3 Å². The third kappa shape index (κ3) is 3.16. The molecular formula is C14H21NO3S.